The lowest BCUT2D eigenvalue weighted by atomic mass is 9.89. The van der Waals surface area contributed by atoms with Crippen LogP contribution in [-0.2, 0) is 0 Å². The first-order valence-electron chi connectivity index (χ1n) is 5.96. The summed E-state index contributed by atoms with van der Waals surface area (Å²) in [5.74, 6) is 1.37. The van der Waals surface area contributed by atoms with Gasteiger partial charge < -0.3 is 5.11 Å². The fourth-order valence-electron chi connectivity index (χ4n) is 2.61. The zero-order chi connectivity index (χ0) is 9.68. The van der Waals surface area contributed by atoms with E-state index in [0.717, 1.165) is 25.2 Å². The van der Waals surface area contributed by atoms with Crippen molar-refractivity contribution in [2.45, 2.75) is 64.9 Å². The van der Waals surface area contributed by atoms with Gasteiger partial charge in [0.2, 0.25) is 0 Å². The van der Waals surface area contributed by atoms with E-state index in [1.807, 2.05) is 0 Å². The Bertz CT molecular complexity index is 123. The van der Waals surface area contributed by atoms with Crippen LogP contribution in [0.25, 0.3) is 0 Å². The quantitative estimate of drug-likeness (QED) is 0.694. The van der Waals surface area contributed by atoms with Crippen LogP contribution in [0.1, 0.15) is 58.8 Å². The molecule has 13 heavy (non-hydrogen) atoms. The molecule has 1 heteroatoms. The lowest BCUT2D eigenvalue weighted by Crippen LogP contribution is -2.21. The highest BCUT2D eigenvalue weighted by Gasteiger charge is 2.22. The molecule has 1 N–H and O–H groups in total. The van der Waals surface area contributed by atoms with Crippen molar-refractivity contribution in [1.29, 1.82) is 0 Å². The fraction of sp³-hybridized carbons (Fsp3) is 1.00. The molecule has 0 amide bonds. The standard InChI is InChI=1S/C12H24O/c1-3-11(4-2)12(13)9-10-7-5-6-8-10/h10-13H,3-9H2,1-2H3. The molecule has 1 nitrogen and oxygen atoms in total. The summed E-state index contributed by atoms with van der Waals surface area (Å²) in [5.41, 5.74) is 0. The minimum Gasteiger partial charge on any atom is -0.393 e. The predicted molar refractivity (Wildman–Crippen MR) is 56.7 cm³/mol. The highest BCUT2D eigenvalue weighted by atomic mass is 16.3. The van der Waals surface area contributed by atoms with Gasteiger partial charge in [0, 0.05) is 0 Å². The second kappa shape index (κ2) is 5.64. The maximum absolute atomic E-state index is 9.97. The van der Waals surface area contributed by atoms with Gasteiger partial charge in [0.1, 0.15) is 0 Å². The van der Waals surface area contributed by atoms with Gasteiger partial charge in [-0.05, 0) is 18.3 Å². The van der Waals surface area contributed by atoms with Gasteiger partial charge in [-0.1, -0.05) is 52.4 Å². The Hall–Kier alpha value is -0.0400. The molecule has 0 aliphatic heterocycles. The average molecular weight is 184 g/mol. The van der Waals surface area contributed by atoms with E-state index in [4.69, 9.17) is 0 Å². The Labute approximate surface area is 82.5 Å². The van der Waals surface area contributed by atoms with Crippen LogP contribution in [0.15, 0.2) is 0 Å². The Morgan fingerprint density at radius 1 is 1.15 bits per heavy atom. The second-order valence-electron chi connectivity index (χ2n) is 4.53. The molecule has 0 spiro atoms. The van der Waals surface area contributed by atoms with Gasteiger partial charge in [-0.15, -0.1) is 0 Å². The largest absolute Gasteiger partial charge is 0.393 e. The van der Waals surface area contributed by atoms with Crippen molar-refractivity contribution in [2.24, 2.45) is 11.8 Å². The average Bonchev–Trinajstić information content (AvgIpc) is 2.59. The SMILES string of the molecule is CCC(CC)C(O)CC1CCCC1. The number of aliphatic hydroxyl groups excluding tert-OH is 1. The van der Waals surface area contributed by atoms with Gasteiger partial charge in [0.25, 0.3) is 0 Å². The third kappa shape index (κ3) is 3.30. The minimum atomic E-state index is -0.0295. The summed E-state index contributed by atoms with van der Waals surface area (Å²) >= 11 is 0. The smallest absolute Gasteiger partial charge is 0.0570 e. The first-order valence-corrected chi connectivity index (χ1v) is 5.96. The molecule has 0 radical (unpaired) electrons. The molecule has 0 heterocycles. The number of aliphatic hydroxyl groups is 1. The zero-order valence-electron chi connectivity index (χ0n) is 9.13. The van der Waals surface area contributed by atoms with Gasteiger partial charge in [-0.2, -0.15) is 0 Å². The molecule has 0 aromatic carbocycles. The van der Waals surface area contributed by atoms with E-state index >= 15 is 0 Å². The van der Waals surface area contributed by atoms with Crippen molar-refractivity contribution in [3.8, 4) is 0 Å². The van der Waals surface area contributed by atoms with Crippen LogP contribution in [-0.4, -0.2) is 11.2 Å². The first kappa shape index (κ1) is 11.0. The summed E-state index contributed by atoms with van der Waals surface area (Å²) in [6.07, 6.45) is 8.79. The van der Waals surface area contributed by atoms with Crippen LogP contribution in [0.2, 0.25) is 0 Å². The molecular weight excluding hydrogens is 160 g/mol. The third-order valence-corrected chi connectivity index (χ3v) is 3.64. The number of rotatable bonds is 5. The van der Waals surface area contributed by atoms with Crippen LogP contribution in [0, 0.1) is 11.8 Å². The van der Waals surface area contributed by atoms with E-state index in [1.54, 1.807) is 0 Å². The Balaban J connectivity index is 2.25. The topological polar surface area (TPSA) is 20.2 Å². The third-order valence-electron chi connectivity index (χ3n) is 3.64. The van der Waals surface area contributed by atoms with Gasteiger partial charge in [0.15, 0.2) is 0 Å². The van der Waals surface area contributed by atoms with Crippen LogP contribution < -0.4 is 0 Å². The maximum Gasteiger partial charge on any atom is 0.0570 e. The number of hydrogen-bond donors (Lipinski definition) is 1. The summed E-state index contributed by atoms with van der Waals surface area (Å²) < 4.78 is 0. The van der Waals surface area contributed by atoms with Crippen molar-refractivity contribution in [3.63, 3.8) is 0 Å². The van der Waals surface area contributed by atoms with Gasteiger partial charge >= 0.3 is 0 Å². The monoisotopic (exact) mass is 184 g/mol. The molecule has 1 aliphatic rings. The lowest BCUT2D eigenvalue weighted by molar-refractivity contribution is 0.0781. The van der Waals surface area contributed by atoms with E-state index in [1.165, 1.54) is 25.7 Å². The molecule has 0 bridgehead atoms. The molecule has 0 saturated heterocycles. The molecule has 1 atom stereocenters. The number of hydrogen-bond acceptors (Lipinski definition) is 1. The van der Waals surface area contributed by atoms with Crippen molar-refractivity contribution in [3.05, 3.63) is 0 Å². The van der Waals surface area contributed by atoms with Crippen LogP contribution in [0.5, 0.6) is 0 Å². The summed E-state index contributed by atoms with van der Waals surface area (Å²) in [6.45, 7) is 4.37. The van der Waals surface area contributed by atoms with E-state index < -0.39 is 0 Å². The molecule has 78 valence electrons. The van der Waals surface area contributed by atoms with Crippen molar-refractivity contribution < 1.29 is 5.11 Å². The molecule has 1 aliphatic carbocycles. The summed E-state index contributed by atoms with van der Waals surface area (Å²) in [7, 11) is 0. The lowest BCUT2D eigenvalue weighted by Gasteiger charge is -2.22. The van der Waals surface area contributed by atoms with E-state index in [-0.39, 0.29) is 6.10 Å². The first-order chi connectivity index (χ1) is 6.27. The predicted octanol–water partition coefficient (Wildman–Crippen LogP) is 3.36. The Morgan fingerprint density at radius 2 is 1.69 bits per heavy atom. The Kier molecular flexibility index (Phi) is 4.79. The highest BCUT2D eigenvalue weighted by Crippen LogP contribution is 2.31. The molecule has 1 saturated carbocycles. The van der Waals surface area contributed by atoms with E-state index in [2.05, 4.69) is 13.8 Å². The molecule has 1 rings (SSSR count). The van der Waals surface area contributed by atoms with Gasteiger partial charge in [-0.3, -0.25) is 0 Å². The summed E-state index contributed by atoms with van der Waals surface area (Å²) in [5, 5.41) is 9.97. The van der Waals surface area contributed by atoms with Gasteiger partial charge in [0.05, 0.1) is 6.10 Å². The second-order valence-corrected chi connectivity index (χ2v) is 4.53. The molecule has 1 unspecified atom stereocenters. The van der Waals surface area contributed by atoms with E-state index in [9.17, 15) is 5.11 Å². The fourth-order valence-corrected chi connectivity index (χ4v) is 2.61. The molecular formula is C12H24O. The molecule has 1 fully saturated rings. The van der Waals surface area contributed by atoms with E-state index in [0.29, 0.717) is 5.92 Å². The Morgan fingerprint density at radius 3 is 2.15 bits per heavy atom. The highest BCUT2D eigenvalue weighted by molar-refractivity contribution is 4.74. The maximum atomic E-state index is 9.97. The van der Waals surface area contributed by atoms with Crippen molar-refractivity contribution >= 4 is 0 Å². The molecule has 0 aromatic heterocycles. The van der Waals surface area contributed by atoms with Crippen LogP contribution in [0.4, 0.5) is 0 Å². The van der Waals surface area contributed by atoms with Crippen LogP contribution in [0.3, 0.4) is 0 Å². The van der Waals surface area contributed by atoms with Crippen molar-refractivity contribution in [1.82, 2.24) is 0 Å². The summed E-state index contributed by atoms with van der Waals surface area (Å²) in [6, 6.07) is 0. The van der Waals surface area contributed by atoms with Gasteiger partial charge in [-0.25, -0.2) is 0 Å². The summed E-state index contributed by atoms with van der Waals surface area (Å²) in [4.78, 5) is 0. The van der Waals surface area contributed by atoms with Crippen molar-refractivity contribution in [2.75, 3.05) is 0 Å². The normalized spacial score (nSPS) is 21.2. The molecule has 0 aromatic rings. The van der Waals surface area contributed by atoms with Crippen LogP contribution >= 0.6 is 0 Å². The zero-order valence-corrected chi connectivity index (χ0v) is 9.13. The minimum absolute atomic E-state index is 0.0295.